The first-order valence-electron chi connectivity index (χ1n) is 6.60. The fourth-order valence-electron chi connectivity index (χ4n) is 1.66. The van der Waals surface area contributed by atoms with Crippen molar-refractivity contribution >= 4 is 0 Å². The third-order valence-electron chi connectivity index (χ3n) is 2.93. The molecule has 0 aromatic carbocycles. The van der Waals surface area contributed by atoms with E-state index in [0.717, 1.165) is 31.1 Å². The minimum Gasteiger partial charge on any atom is -0.339 e. The number of rotatable bonds is 7. The fourth-order valence-corrected chi connectivity index (χ4v) is 1.66. The first-order valence-corrected chi connectivity index (χ1v) is 6.60. The average Bonchev–Trinajstić information content (AvgIpc) is 2.72. The second-order valence-corrected chi connectivity index (χ2v) is 5.18. The zero-order valence-electron chi connectivity index (χ0n) is 11.7. The molecule has 0 saturated carbocycles. The van der Waals surface area contributed by atoms with Crippen LogP contribution in [0.1, 0.15) is 58.7 Å². The van der Waals surface area contributed by atoms with Crippen molar-refractivity contribution < 1.29 is 4.52 Å². The highest BCUT2D eigenvalue weighted by Gasteiger charge is 2.20. The van der Waals surface area contributed by atoms with Crippen LogP contribution in [0, 0.1) is 5.92 Å². The van der Waals surface area contributed by atoms with Gasteiger partial charge in [-0.15, -0.1) is 0 Å². The maximum absolute atomic E-state index is 5.33. The van der Waals surface area contributed by atoms with Crippen LogP contribution in [0.3, 0.4) is 0 Å². The first-order chi connectivity index (χ1) is 8.04. The normalized spacial score (nSPS) is 15.2. The highest BCUT2D eigenvalue weighted by molar-refractivity contribution is 4.96. The van der Waals surface area contributed by atoms with E-state index in [9.17, 15) is 0 Å². The molecule has 1 N–H and O–H groups in total. The fraction of sp³-hybridized carbons (Fsp3) is 0.846. The summed E-state index contributed by atoms with van der Waals surface area (Å²) in [4.78, 5) is 4.46. The SMILES string of the molecule is CCCNC(C)C(C)c1nc(CC(C)C)no1. The van der Waals surface area contributed by atoms with Gasteiger partial charge in [-0.1, -0.05) is 32.9 Å². The molecule has 1 aromatic heterocycles. The zero-order chi connectivity index (χ0) is 12.8. The van der Waals surface area contributed by atoms with Gasteiger partial charge in [0.25, 0.3) is 0 Å². The summed E-state index contributed by atoms with van der Waals surface area (Å²) in [5, 5.41) is 7.48. The van der Waals surface area contributed by atoms with Gasteiger partial charge < -0.3 is 9.84 Å². The Bertz CT molecular complexity index is 322. The third kappa shape index (κ3) is 4.46. The van der Waals surface area contributed by atoms with Gasteiger partial charge >= 0.3 is 0 Å². The van der Waals surface area contributed by atoms with Crippen molar-refractivity contribution in [3.63, 3.8) is 0 Å². The molecule has 98 valence electrons. The molecule has 4 heteroatoms. The molecule has 1 aromatic rings. The smallest absolute Gasteiger partial charge is 0.231 e. The van der Waals surface area contributed by atoms with Gasteiger partial charge in [0.05, 0.1) is 5.92 Å². The topological polar surface area (TPSA) is 51.0 Å². The van der Waals surface area contributed by atoms with Crippen molar-refractivity contribution in [3.05, 3.63) is 11.7 Å². The lowest BCUT2D eigenvalue weighted by molar-refractivity contribution is 0.327. The van der Waals surface area contributed by atoms with Crippen molar-refractivity contribution in [3.8, 4) is 0 Å². The van der Waals surface area contributed by atoms with Gasteiger partial charge in [0.1, 0.15) is 0 Å². The monoisotopic (exact) mass is 239 g/mol. The largest absolute Gasteiger partial charge is 0.339 e. The van der Waals surface area contributed by atoms with E-state index < -0.39 is 0 Å². The van der Waals surface area contributed by atoms with Crippen molar-refractivity contribution in [2.75, 3.05) is 6.54 Å². The summed E-state index contributed by atoms with van der Waals surface area (Å²) >= 11 is 0. The van der Waals surface area contributed by atoms with Gasteiger partial charge in [0.2, 0.25) is 5.89 Å². The molecule has 0 aliphatic carbocycles. The summed E-state index contributed by atoms with van der Waals surface area (Å²) in [6, 6.07) is 0.363. The second kappa shape index (κ2) is 6.74. The van der Waals surface area contributed by atoms with Gasteiger partial charge in [0, 0.05) is 12.5 Å². The van der Waals surface area contributed by atoms with Gasteiger partial charge in [-0.25, -0.2) is 0 Å². The third-order valence-corrected chi connectivity index (χ3v) is 2.93. The molecular formula is C13H25N3O. The lowest BCUT2D eigenvalue weighted by atomic mass is 10.0. The molecule has 0 bridgehead atoms. The molecule has 4 nitrogen and oxygen atoms in total. The Labute approximate surface area is 104 Å². The quantitative estimate of drug-likeness (QED) is 0.795. The van der Waals surface area contributed by atoms with Crippen LogP contribution >= 0.6 is 0 Å². The molecule has 0 spiro atoms. The highest BCUT2D eigenvalue weighted by atomic mass is 16.5. The van der Waals surface area contributed by atoms with E-state index in [4.69, 9.17) is 4.52 Å². The number of hydrogen-bond donors (Lipinski definition) is 1. The van der Waals surface area contributed by atoms with Gasteiger partial charge in [0.15, 0.2) is 5.82 Å². The van der Waals surface area contributed by atoms with Gasteiger partial charge in [-0.05, 0) is 25.8 Å². The minimum atomic E-state index is 0.259. The highest BCUT2D eigenvalue weighted by Crippen LogP contribution is 2.17. The summed E-state index contributed by atoms with van der Waals surface area (Å²) in [5.74, 6) is 2.39. The number of hydrogen-bond acceptors (Lipinski definition) is 4. The molecular weight excluding hydrogens is 214 g/mol. The Kier molecular flexibility index (Phi) is 5.62. The molecule has 0 amide bonds. The summed E-state index contributed by atoms with van der Waals surface area (Å²) < 4.78 is 5.33. The van der Waals surface area contributed by atoms with E-state index in [0.29, 0.717) is 12.0 Å². The lowest BCUT2D eigenvalue weighted by Crippen LogP contribution is -2.31. The van der Waals surface area contributed by atoms with E-state index >= 15 is 0 Å². The molecule has 2 unspecified atom stereocenters. The molecule has 17 heavy (non-hydrogen) atoms. The van der Waals surface area contributed by atoms with Crippen molar-refractivity contribution in [1.29, 1.82) is 0 Å². The number of aromatic nitrogens is 2. The summed E-state index contributed by atoms with van der Waals surface area (Å²) in [6.07, 6.45) is 2.02. The molecule has 0 saturated heterocycles. The van der Waals surface area contributed by atoms with Crippen molar-refractivity contribution in [1.82, 2.24) is 15.5 Å². The Morgan fingerprint density at radius 1 is 1.24 bits per heavy atom. The lowest BCUT2D eigenvalue weighted by Gasteiger charge is -2.17. The Morgan fingerprint density at radius 2 is 1.94 bits per heavy atom. The summed E-state index contributed by atoms with van der Waals surface area (Å²) in [7, 11) is 0. The molecule has 0 aliphatic rings. The zero-order valence-corrected chi connectivity index (χ0v) is 11.7. The van der Waals surface area contributed by atoms with Crippen molar-refractivity contribution in [2.45, 2.75) is 59.4 Å². The molecule has 1 rings (SSSR count). The summed E-state index contributed by atoms with van der Waals surface area (Å²) in [5.41, 5.74) is 0. The average molecular weight is 239 g/mol. The predicted octanol–water partition coefficient (Wildman–Crippen LogP) is 2.76. The van der Waals surface area contributed by atoms with Crippen LogP contribution in [0.2, 0.25) is 0 Å². The Morgan fingerprint density at radius 3 is 2.53 bits per heavy atom. The van der Waals surface area contributed by atoms with Gasteiger partial charge in [-0.2, -0.15) is 4.98 Å². The number of nitrogens with one attached hydrogen (secondary N) is 1. The number of nitrogens with zero attached hydrogens (tertiary/aromatic N) is 2. The molecule has 0 aliphatic heterocycles. The van der Waals surface area contributed by atoms with Crippen LogP contribution in [0.25, 0.3) is 0 Å². The van der Waals surface area contributed by atoms with E-state index in [1.165, 1.54) is 0 Å². The molecule has 0 radical (unpaired) electrons. The van der Waals surface area contributed by atoms with Crippen LogP contribution in [-0.2, 0) is 6.42 Å². The summed E-state index contributed by atoms with van der Waals surface area (Å²) in [6.45, 7) is 11.8. The van der Waals surface area contributed by atoms with E-state index in [1.807, 2.05) is 0 Å². The van der Waals surface area contributed by atoms with Crippen LogP contribution < -0.4 is 5.32 Å². The van der Waals surface area contributed by atoms with E-state index in [2.05, 4.69) is 50.1 Å². The van der Waals surface area contributed by atoms with Gasteiger partial charge in [-0.3, -0.25) is 0 Å². The van der Waals surface area contributed by atoms with Crippen LogP contribution in [0.15, 0.2) is 4.52 Å². The minimum absolute atomic E-state index is 0.259. The second-order valence-electron chi connectivity index (χ2n) is 5.18. The van der Waals surface area contributed by atoms with Crippen LogP contribution in [0.4, 0.5) is 0 Å². The maximum Gasteiger partial charge on any atom is 0.231 e. The Hall–Kier alpha value is -0.900. The molecule has 1 heterocycles. The van der Waals surface area contributed by atoms with E-state index in [1.54, 1.807) is 0 Å². The van der Waals surface area contributed by atoms with E-state index in [-0.39, 0.29) is 5.92 Å². The van der Waals surface area contributed by atoms with Crippen molar-refractivity contribution in [2.24, 2.45) is 5.92 Å². The van der Waals surface area contributed by atoms with Crippen LogP contribution in [0.5, 0.6) is 0 Å². The molecule has 2 atom stereocenters. The standard InChI is InChI=1S/C13H25N3O/c1-6-7-14-11(5)10(4)13-15-12(16-17-13)8-9(2)3/h9-11,14H,6-8H2,1-5H3. The molecule has 0 fully saturated rings. The predicted molar refractivity (Wildman–Crippen MR) is 69.0 cm³/mol. The Balaban J connectivity index is 2.56. The van der Waals surface area contributed by atoms with Crippen LogP contribution in [-0.4, -0.2) is 22.7 Å². The maximum atomic E-state index is 5.33. The first kappa shape index (κ1) is 14.2.